The highest BCUT2D eigenvalue weighted by atomic mass is 16.2. The molecule has 17 heavy (non-hydrogen) atoms. The predicted octanol–water partition coefficient (Wildman–Crippen LogP) is 1.41. The minimum absolute atomic E-state index is 0.0156. The molecule has 0 aliphatic carbocycles. The number of aryl methyl sites for hydroxylation is 2. The van der Waals surface area contributed by atoms with Crippen molar-refractivity contribution in [2.45, 2.75) is 20.3 Å². The lowest BCUT2D eigenvalue weighted by Gasteiger charge is -2.23. The summed E-state index contributed by atoms with van der Waals surface area (Å²) in [6.45, 7) is 5.83. The van der Waals surface area contributed by atoms with Gasteiger partial charge in [-0.05, 0) is 43.5 Å². The second-order valence-electron chi connectivity index (χ2n) is 4.48. The Labute approximate surface area is 102 Å². The van der Waals surface area contributed by atoms with Crippen LogP contribution in [0, 0.1) is 13.8 Å². The number of nitrogens with one attached hydrogen (secondary N) is 1. The molecule has 0 atom stereocenters. The van der Waals surface area contributed by atoms with Crippen molar-refractivity contribution in [1.29, 1.82) is 0 Å². The van der Waals surface area contributed by atoms with Gasteiger partial charge in [-0.1, -0.05) is 0 Å². The van der Waals surface area contributed by atoms with Gasteiger partial charge in [-0.2, -0.15) is 0 Å². The fraction of sp³-hybridized carbons (Fsp3) is 0.462. The minimum atomic E-state index is -0.0156. The molecule has 0 radical (unpaired) electrons. The smallest absolute Gasteiger partial charge is 0.240 e. The molecule has 0 aromatic heterocycles. The number of fused-ring (bicyclic) bond motifs is 1. The Kier molecular flexibility index (Phi) is 3.33. The molecule has 92 valence electrons. The number of nitrogens with two attached hydrogens (primary N) is 1. The van der Waals surface area contributed by atoms with Gasteiger partial charge in [0.2, 0.25) is 5.91 Å². The zero-order valence-corrected chi connectivity index (χ0v) is 10.4. The fourth-order valence-corrected chi connectivity index (χ4v) is 2.12. The van der Waals surface area contributed by atoms with E-state index in [2.05, 4.69) is 31.3 Å². The highest BCUT2D eigenvalue weighted by Gasteiger charge is 2.20. The number of anilines is 2. The van der Waals surface area contributed by atoms with Gasteiger partial charge in [0.05, 0.1) is 17.9 Å². The molecular formula is C13H19N3O. The summed E-state index contributed by atoms with van der Waals surface area (Å²) in [5.41, 5.74) is 9.89. The van der Waals surface area contributed by atoms with Crippen molar-refractivity contribution in [1.82, 2.24) is 0 Å². The summed E-state index contributed by atoms with van der Waals surface area (Å²) < 4.78 is 0. The average Bonchev–Trinajstić information content (AvgIpc) is 2.51. The Balaban J connectivity index is 2.47. The molecule has 1 aliphatic heterocycles. The first-order valence-electron chi connectivity index (χ1n) is 5.99. The lowest BCUT2D eigenvalue weighted by Crippen LogP contribution is -2.36. The number of nitrogens with zero attached hydrogens (tertiary/aromatic N) is 1. The first kappa shape index (κ1) is 11.9. The molecule has 3 N–H and O–H groups in total. The molecule has 4 heteroatoms. The van der Waals surface area contributed by atoms with Crippen molar-refractivity contribution in [3.8, 4) is 0 Å². The Morgan fingerprint density at radius 1 is 1.41 bits per heavy atom. The third-order valence-electron chi connectivity index (χ3n) is 3.25. The van der Waals surface area contributed by atoms with Gasteiger partial charge in [0, 0.05) is 13.1 Å². The summed E-state index contributed by atoms with van der Waals surface area (Å²) in [5.74, 6) is -0.0156. The van der Waals surface area contributed by atoms with Crippen LogP contribution in [-0.4, -0.2) is 25.5 Å². The van der Waals surface area contributed by atoms with Crippen molar-refractivity contribution >= 4 is 17.3 Å². The van der Waals surface area contributed by atoms with Crippen LogP contribution < -0.4 is 16.0 Å². The zero-order valence-electron chi connectivity index (χ0n) is 10.4. The second-order valence-corrected chi connectivity index (χ2v) is 4.48. The molecular weight excluding hydrogens is 214 g/mol. The molecule has 0 saturated heterocycles. The quantitative estimate of drug-likeness (QED) is 0.771. The van der Waals surface area contributed by atoms with Crippen LogP contribution in [0.4, 0.5) is 11.4 Å². The van der Waals surface area contributed by atoms with Crippen molar-refractivity contribution < 1.29 is 4.79 Å². The first-order chi connectivity index (χ1) is 8.13. The topological polar surface area (TPSA) is 58.4 Å². The zero-order chi connectivity index (χ0) is 12.4. The molecule has 0 spiro atoms. The second kappa shape index (κ2) is 4.75. The molecule has 0 fully saturated rings. The molecule has 0 saturated carbocycles. The van der Waals surface area contributed by atoms with Crippen molar-refractivity contribution in [3.05, 3.63) is 23.3 Å². The molecule has 4 nitrogen and oxygen atoms in total. The molecule has 1 aliphatic rings. The van der Waals surface area contributed by atoms with Crippen molar-refractivity contribution in [2.75, 3.05) is 29.9 Å². The Hall–Kier alpha value is -1.55. The third kappa shape index (κ3) is 2.26. The van der Waals surface area contributed by atoms with E-state index >= 15 is 0 Å². The van der Waals surface area contributed by atoms with Gasteiger partial charge in [-0.25, -0.2) is 0 Å². The Bertz CT molecular complexity index is 443. The van der Waals surface area contributed by atoms with Crippen LogP contribution >= 0.6 is 0 Å². The minimum Gasteiger partial charge on any atom is -0.383 e. The maximum atomic E-state index is 11.9. The highest BCUT2D eigenvalue weighted by Crippen LogP contribution is 2.31. The van der Waals surface area contributed by atoms with Gasteiger partial charge in [0.15, 0.2) is 0 Å². The number of carbonyl (C=O) groups excluding carboxylic acids is 1. The summed E-state index contributed by atoms with van der Waals surface area (Å²) in [4.78, 5) is 13.6. The average molecular weight is 233 g/mol. The summed E-state index contributed by atoms with van der Waals surface area (Å²) in [6, 6.07) is 4.17. The SMILES string of the molecule is Cc1cc2c(cc1C)N(C(=O)CN)CCCN2. The lowest BCUT2D eigenvalue weighted by atomic mass is 10.1. The number of rotatable bonds is 1. The van der Waals surface area contributed by atoms with E-state index in [9.17, 15) is 4.79 Å². The Morgan fingerprint density at radius 2 is 2.12 bits per heavy atom. The van der Waals surface area contributed by atoms with E-state index in [1.165, 1.54) is 11.1 Å². The lowest BCUT2D eigenvalue weighted by molar-refractivity contribution is -0.117. The van der Waals surface area contributed by atoms with Gasteiger partial charge in [-0.15, -0.1) is 0 Å². The van der Waals surface area contributed by atoms with E-state index in [1.54, 1.807) is 4.90 Å². The standard InChI is InChI=1S/C13H19N3O/c1-9-6-11-12(7-10(9)2)16(13(17)8-14)5-3-4-15-11/h6-7,15H,3-5,8,14H2,1-2H3. The molecule has 0 bridgehead atoms. The highest BCUT2D eigenvalue weighted by molar-refractivity contribution is 5.98. The van der Waals surface area contributed by atoms with E-state index in [0.717, 1.165) is 30.9 Å². The molecule has 0 unspecified atom stereocenters. The van der Waals surface area contributed by atoms with E-state index in [0.29, 0.717) is 0 Å². The predicted molar refractivity (Wildman–Crippen MR) is 70.4 cm³/mol. The van der Waals surface area contributed by atoms with Crippen LogP contribution in [0.25, 0.3) is 0 Å². The number of benzene rings is 1. The van der Waals surface area contributed by atoms with Crippen LogP contribution in [0.1, 0.15) is 17.5 Å². The summed E-state index contributed by atoms with van der Waals surface area (Å²) in [6.07, 6.45) is 0.943. The van der Waals surface area contributed by atoms with Crippen molar-refractivity contribution in [2.24, 2.45) is 5.73 Å². The Morgan fingerprint density at radius 3 is 2.82 bits per heavy atom. The number of carbonyl (C=O) groups is 1. The molecule has 1 aromatic carbocycles. The van der Waals surface area contributed by atoms with E-state index < -0.39 is 0 Å². The van der Waals surface area contributed by atoms with Crippen LogP contribution in [0.15, 0.2) is 12.1 Å². The van der Waals surface area contributed by atoms with Gasteiger partial charge in [0.25, 0.3) is 0 Å². The summed E-state index contributed by atoms with van der Waals surface area (Å²) in [5, 5.41) is 3.37. The third-order valence-corrected chi connectivity index (χ3v) is 3.25. The van der Waals surface area contributed by atoms with Gasteiger partial charge < -0.3 is 16.0 Å². The maximum Gasteiger partial charge on any atom is 0.240 e. The van der Waals surface area contributed by atoms with Gasteiger partial charge in [-0.3, -0.25) is 4.79 Å². The molecule has 1 heterocycles. The molecule has 2 rings (SSSR count). The molecule has 1 aromatic rings. The number of hydrogen-bond acceptors (Lipinski definition) is 3. The van der Waals surface area contributed by atoms with Crippen LogP contribution in [0.2, 0.25) is 0 Å². The molecule has 1 amide bonds. The normalized spacial score (nSPS) is 14.9. The van der Waals surface area contributed by atoms with Crippen LogP contribution in [-0.2, 0) is 4.79 Å². The van der Waals surface area contributed by atoms with Crippen molar-refractivity contribution in [3.63, 3.8) is 0 Å². The van der Waals surface area contributed by atoms with Crippen LogP contribution in [0.5, 0.6) is 0 Å². The van der Waals surface area contributed by atoms with Gasteiger partial charge in [0.1, 0.15) is 0 Å². The summed E-state index contributed by atoms with van der Waals surface area (Å²) in [7, 11) is 0. The van der Waals surface area contributed by atoms with E-state index in [4.69, 9.17) is 5.73 Å². The largest absolute Gasteiger partial charge is 0.383 e. The number of amides is 1. The maximum absolute atomic E-state index is 11.9. The van der Waals surface area contributed by atoms with Crippen LogP contribution in [0.3, 0.4) is 0 Å². The van der Waals surface area contributed by atoms with Gasteiger partial charge >= 0.3 is 0 Å². The van der Waals surface area contributed by atoms with E-state index in [-0.39, 0.29) is 12.5 Å². The summed E-state index contributed by atoms with van der Waals surface area (Å²) >= 11 is 0. The first-order valence-corrected chi connectivity index (χ1v) is 5.99. The fourth-order valence-electron chi connectivity index (χ4n) is 2.12. The number of hydrogen-bond donors (Lipinski definition) is 2. The van der Waals surface area contributed by atoms with E-state index in [1.807, 2.05) is 0 Å². The monoisotopic (exact) mass is 233 g/mol.